The Morgan fingerprint density at radius 1 is 1.11 bits per heavy atom. The number of piperidine rings is 1. The second-order valence-electron chi connectivity index (χ2n) is 7.25. The van der Waals surface area contributed by atoms with Crippen molar-refractivity contribution in [2.45, 2.75) is 50.7 Å². The number of nitrogens with zero attached hydrogens (tertiary/aromatic N) is 1. The van der Waals surface area contributed by atoms with Crippen LogP contribution >= 0.6 is 12.4 Å². The first kappa shape index (κ1) is 21.6. The van der Waals surface area contributed by atoms with E-state index in [1.165, 1.54) is 0 Å². The highest BCUT2D eigenvalue weighted by molar-refractivity contribution is 5.85. The molecule has 2 atom stereocenters. The summed E-state index contributed by atoms with van der Waals surface area (Å²) < 4.78 is 17.0. The van der Waals surface area contributed by atoms with Gasteiger partial charge in [0.25, 0.3) is 0 Å². The summed E-state index contributed by atoms with van der Waals surface area (Å²) in [6.45, 7) is 1.45. The highest BCUT2D eigenvalue weighted by Crippen LogP contribution is 2.38. The molecular formula is C20H31ClN2O4. The van der Waals surface area contributed by atoms with E-state index in [2.05, 4.69) is 0 Å². The van der Waals surface area contributed by atoms with Gasteiger partial charge in [0.1, 0.15) is 6.10 Å². The molecule has 152 valence electrons. The molecule has 27 heavy (non-hydrogen) atoms. The zero-order valence-electron chi connectivity index (χ0n) is 16.2. The molecule has 0 radical (unpaired) electrons. The average molecular weight is 399 g/mol. The molecule has 1 aliphatic heterocycles. The van der Waals surface area contributed by atoms with Crippen LogP contribution in [0.15, 0.2) is 18.2 Å². The zero-order valence-corrected chi connectivity index (χ0v) is 17.0. The van der Waals surface area contributed by atoms with Gasteiger partial charge in [0.2, 0.25) is 11.7 Å². The molecule has 6 nitrogen and oxygen atoms in total. The average Bonchev–Trinajstić information content (AvgIpc) is 3.07. The number of hydrogen-bond donors (Lipinski definition) is 1. The lowest BCUT2D eigenvalue weighted by Crippen LogP contribution is -2.43. The van der Waals surface area contributed by atoms with Gasteiger partial charge in [-0.25, -0.2) is 0 Å². The Labute approximate surface area is 167 Å². The number of amides is 1. The van der Waals surface area contributed by atoms with E-state index in [0.29, 0.717) is 29.6 Å². The maximum atomic E-state index is 12.6. The summed E-state index contributed by atoms with van der Waals surface area (Å²) in [5.74, 6) is 2.56. The molecule has 2 fully saturated rings. The first-order chi connectivity index (χ1) is 12.6. The van der Waals surface area contributed by atoms with Crippen LogP contribution < -0.4 is 19.9 Å². The van der Waals surface area contributed by atoms with Gasteiger partial charge < -0.3 is 24.8 Å². The maximum Gasteiger partial charge on any atom is 0.222 e. The smallest absolute Gasteiger partial charge is 0.222 e. The zero-order chi connectivity index (χ0) is 18.5. The number of hydrogen-bond acceptors (Lipinski definition) is 5. The summed E-state index contributed by atoms with van der Waals surface area (Å²) >= 11 is 0. The molecule has 1 heterocycles. The van der Waals surface area contributed by atoms with E-state index >= 15 is 0 Å². The second-order valence-corrected chi connectivity index (χ2v) is 7.25. The lowest BCUT2D eigenvalue weighted by molar-refractivity contribution is -0.134. The van der Waals surface area contributed by atoms with Crippen LogP contribution in [0.1, 0.15) is 38.5 Å². The first-order valence-electron chi connectivity index (χ1n) is 9.53. The topological polar surface area (TPSA) is 74.0 Å². The quantitative estimate of drug-likeness (QED) is 0.797. The number of carbonyl (C=O) groups is 1. The van der Waals surface area contributed by atoms with E-state index in [9.17, 15) is 4.79 Å². The molecule has 1 amide bonds. The molecule has 1 aliphatic carbocycles. The maximum absolute atomic E-state index is 12.6. The van der Waals surface area contributed by atoms with Crippen molar-refractivity contribution in [3.63, 3.8) is 0 Å². The largest absolute Gasteiger partial charge is 0.493 e. The molecule has 1 saturated heterocycles. The van der Waals surface area contributed by atoms with Gasteiger partial charge in [0, 0.05) is 38.4 Å². The van der Waals surface area contributed by atoms with Crippen molar-refractivity contribution < 1.29 is 19.0 Å². The third kappa shape index (κ3) is 5.20. The van der Waals surface area contributed by atoms with E-state index in [4.69, 9.17) is 19.9 Å². The van der Waals surface area contributed by atoms with Crippen LogP contribution in [0.25, 0.3) is 0 Å². The van der Waals surface area contributed by atoms with Crippen molar-refractivity contribution in [2.75, 3.05) is 27.3 Å². The highest BCUT2D eigenvalue weighted by atomic mass is 35.5. The van der Waals surface area contributed by atoms with Crippen LogP contribution in [0.5, 0.6) is 17.2 Å². The van der Waals surface area contributed by atoms with Gasteiger partial charge in [-0.05, 0) is 30.9 Å². The van der Waals surface area contributed by atoms with Crippen molar-refractivity contribution >= 4 is 18.3 Å². The third-order valence-electron chi connectivity index (χ3n) is 5.62. The van der Waals surface area contributed by atoms with Crippen LogP contribution in [0.4, 0.5) is 0 Å². The summed E-state index contributed by atoms with van der Waals surface area (Å²) in [7, 11) is 3.24. The molecule has 2 N–H and O–H groups in total. The molecule has 1 aromatic rings. The van der Waals surface area contributed by atoms with Crippen LogP contribution in [-0.2, 0) is 4.79 Å². The SMILES string of the molecule is COc1cccc(OC)c1OC1CCN(C(=O)C[C@@H]2CCC[C@H]2N)CC1.Cl. The van der Waals surface area contributed by atoms with E-state index in [1.807, 2.05) is 23.1 Å². The molecule has 0 unspecified atom stereocenters. The van der Waals surface area contributed by atoms with Crippen LogP contribution in [0, 0.1) is 5.92 Å². The number of methoxy groups -OCH3 is 2. The van der Waals surface area contributed by atoms with Crippen molar-refractivity contribution in [2.24, 2.45) is 11.7 Å². The summed E-state index contributed by atoms with van der Waals surface area (Å²) in [5, 5.41) is 0. The van der Waals surface area contributed by atoms with Crippen LogP contribution in [0.3, 0.4) is 0 Å². The molecule has 0 aromatic heterocycles. The van der Waals surface area contributed by atoms with Crippen molar-refractivity contribution in [3.8, 4) is 17.2 Å². The molecule has 0 spiro atoms. The standard InChI is InChI=1S/C20H30N2O4.ClH/c1-24-17-7-4-8-18(25-2)20(17)26-15-9-11-22(12-10-15)19(23)13-14-5-3-6-16(14)21;/h4,7-8,14-16H,3,5-6,9-13,21H2,1-2H3;1H/t14-,16+;/m0./s1. The van der Waals surface area contributed by atoms with Crippen molar-refractivity contribution in [1.29, 1.82) is 0 Å². The highest BCUT2D eigenvalue weighted by Gasteiger charge is 2.30. The minimum absolute atomic E-state index is 0. The fourth-order valence-electron chi connectivity index (χ4n) is 4.00. The Morgan fingerprint density at radius 3 is 2.26 bits per heavy atom. The number of para-hydroxylation sites is 1. The molecule has 2 aliphatic rings. The summed E-state index contributed by atoms with van der Waals surface area (Å²) in [6.07, 6.45) is 5.54. The van der Waals surface area contributed by atoms with Crippen molar-refractivity contribution in [1.82, 2.24) is 4.90 Å². The monoisotopic (exact) mass is 398 g/mol. The van der Waals surface area contributed by atoms with Crippen LogP contribution in [-0.4, -0.2) is 50.3 Å². The van der Waals surface area contributed by atoms with Gasteiger partial charge in [0.15, 0.2) is 11.5 Å². The fourth-order valence-corrected chi connectivity index (χ4v) is 4.00. The molecular weight excluding hydrogens is 368 g/mol. The Hall–Kier alpha value is -1.66. The Kier molecular flexibility index (Phi) is 8.05. The number of ether oxygens (including phenoxy) is 3. The number of rotatable bonds is 6. The van der Waals surface area contributed by atoms with Gasteiger partial charge in [0.05, 0.1) is 14.2 Å². The lowest BCUT2D eigenvalue weighted by Gasteiger charge is -2.33. The molecule has 7 heteroatoms. The predicted molar refractivity (Wildman–Crippen MR) is 107 cm³/mol. The Bertz CT molecular complexity index is 598. The Balaban J connectivity index is 0.00000261. The Morgan fingerprint density at radius 2 is 1.74 bits per heavy atom. The van der Waals surface area contributed by atoms with Crippen LogP contribution in [0.2, 0.25) is 0 Å². The number of carbonyl (C=O) groups excluding carboxylic acids is 1. The molecule has 3 rings (SSSR count). The van der Waals surface area contributed by atoms with E-state index in [-0.39, 0.29) is 30.5 Å². The van der Waals surface area contributed by atoms with Gasteiger partial charge in [-0.3, -0.25) is 4.79 Å². The van der Waals surface area contributed by atoms with Gasteiger partial charge in [-0.1, -0.05) is 12.5 Å². The van der Waals surface area contributed by atoms with E-state index in [0.717, 1.165) is 45.2 Å². The van der Waals surface area contributed by atoms with E-state index < -0.39 is 0 Å². The second kappa shape index (κ2) is 10.0. The summed E-state index contributed by atoms with van der Waals surface area (Å²) in [4.78, 5) is 14.5. The third-order valence-corrected chi connectivity index (χ3v) is 5.62. The minimum Gasteiger partial charge on any atom is -0.493 e. The number of likely N-dealkylation sites (tertiary alicyclic amines) is 1. The van der Waals surface area contributed by atoms with Gasteiger partial charge >= 0.3 is 0 Å². The van der Waals surface area contributed by atoms with Gasteiger partial charge in [-0.15, -0.1) is 12.4 Å². The van der Waals surface area contributed by atoms with Gasteiger partial charge in [-0.2, -0.15) is 0 Å². The number of halogens is 1. The summed E-state index contributed by atoms with van der Waals surface area (Å²) in [5.41, 5.74) is 6.11. The predicted octanol–water partition coefficient (Wildman–Crippen LogP) is 3.01. The minimum atomic E-state index is 0. The summed E-state index contributed by atoms with van der Waals surface area (Å²) in [6, 6.07) is 5.79. The normalized spacial score (nSPS) is 22.9. The lowest BCUT2D eigenvalue weighted by atomic mass is 9.98. The molecule has 1 aromatic carbocycles. The molecule has 1 saturated carbocycles. The first-order valence-corrected chi connectivity index (χ1v) is 9.53. The fraction of sp³-hybridized carbons (Fsp3) is 0.650. The van der Waals surface area contributed by atoms with E-state index in [1.54, 1.807) is 14.2 Å². The number of benzene rings is 1. The molecule has 0 bridgehead atoms. The number of nitrogens with two attached hydrogens (primary N) is 1. The van der Waals surface area contributed by atoms with Crippen molar-refractivity contribution in [3.05, 3.63) is 18.2 Å².